The number of aliphatic hydroxyl groups excluding tert-OH is 1. The molecule has 0 radical (unpaired) electrons. The fraction of sp³-hybridized carbons (Fsp3) is 0.852. The highest BCUT2D eigenvalue weighted by Crippen LogP contribution is 2.14. The maximum absolute atomic E-state index is 14.1. The molecule has 17 N–H and O–H groups in total. The lowest BCUT2D eigenvalue weighted by Crippen LogP contribution is -2.60. The Morgan fingerprint density at radius 2 is 0.805 bits per heavy atom. The molecule has 0 aromatic carbocycles. The molecule has 0 aromatic heterocycles. The van der Waals surface area contributed by atoms with Gasteiger partial charge in [-0.2, -0.15) is 11.8 Å². The summed E-state index contributed by atoms with van der Waals surface area (Å²) >= 11 is 1.29. The van der Waals surface area contributed by atoms with Crippen molar-refractivity contribution in [2.24, 2.45) is 22.9 Å². The molecule has 77 heavy (non-hydrogen) atoms. The van der Waals surface area contributed by atoms with Crippen LogP contribution in [0.4, 0.5) is 4.79 Å². The van der Waals surface area contributed by atoms with Crippen LogP contribution in [-0.2, 0) is 38.3 Å². The number of nitrogens with two attached hydrogens (primary N) is 4. The number of alkyl carbamates (subject to hydrolysis) is 1. The van der Waals surface area contributed by atoms with Crippen LogP contribution < -0.4 is 60.2 Å². The van der Waals surface area contributed by atoms with Crippen LogP contribution in [0.5, 0.6) is 0 Å². The normalized spacial score (nSPS) is 13.5. The van der Waals surface area contributed by atoms with Gasteiger partial charge in [0.1, 0.15) is 36.3 Å². The first-order valence-electron chi connectivity index (χ1n) is 29.2. The van der Waals surface area contributed by atoms with Gasteiger partial charge in [0, 0.05) is 24.5 Å². The number of unbranched alkanes of at least 4 members (excludes halogenated alkanes) is 18. The smallest absolute Gasteiger partial charge is 0.407 e. The molecule has 6 unspecified atom stereocenters. The standard InChI is InChI=1S/C54H105N11O11S/c1-3-5-7-8-9-10-11-12-13-14-15-16-17-31-47(67)60-46(40-77-38-36-59-54(75)76-37-26-6-4-2)52(72)65-45(39-66)51(71)63-42(28-19-23-33-56)49(69)61-41(27-18-22-32-55)48(68)62-43(29-20-24-34-57)50(70)64-44(53(73)74)30-21-25-35-58/h41-46,66H,3-40,55-58H2,1-2H3,(H,59,75)(H,60,67)(H,61,69)(H,62,68)(H,63,71)(H,64,70)(H,65,72)(H,73,74). The third-order valence-electron chi connectivity index (χ3n) is 13.1. The number of carbonyl (C=O) groups excluding carboxylic acids is 7. The van der Waals surface area contributed by atoms with E-state index in [-0.39, 0.29) is 56.9 Å². The number of carbonyl (C=O) groups is 8. The minimum Gasteiger partial charge on any atom is -0.480 e. The van der Waals surface area contributed by atoms with Gasteiger partial charge < -0.3 is 75.1 Å². The Hall–Kier alpha value is -4.29. The lowest BCUT2D eigenvalue weighted by atomic mass is 10.0. The van der Waals surface area contributed by atoms with Gasteiger partial charge in [-0.05, 0) is 116 Å². The number of thioether (sulfide) groups is 1. The fourth-order valence-corrected chi connectivity index (χ4v) is 9.22. The number of rotatable bonds is 52. The average Bonchev–Trinajstić information content (AvgIpc) is 3.40. The Balaban J connectivity index is 6.10. The van der Waals surface area contributed by atoms with E-state index in [0.29, 0.717) is 89.8 Å². The Bertz CT molecular complexity index is 1610. The second-order valence-electron chi connectivity index (χ2n) is 19.9. The molecule has 448 valence electrons. The van der Waals surface area contributed by atoms with Crippen molar-refractivity contribution in [3.8, 4) is 0 Å². The quantitative estimate of drug-likeness (QED) is 0.0387. The number of amides is 7. The molecule has 0 spiro atoms. The summed E-state index contributed by atoms with van der Waals surface area (Å²) in [6.45, 7) is 5.21. The molecular formula is C54H105N11O11S. The predicted octanol–water partition coefficient (Wildman–Crippen LogP) is 3.62. The maximum Gasteiger partial charge on any atom is 0.407 e. The Morgan fingerprint density at radius 3 is 1.22 bits per heavy atom. The van der Waals surface area contributed by atoms with Gasteiger partial charge in [-0.15, -0.1) is 0 Å². The van der Waals surface area contributed by atoms with Crippen LogP contribution in [0.15, 0.2) is 0 Å². The molecule has 0 aromatic rings. The van der Waals surface area contributed by atoms with E-state index < -0.39 is 84.5 Å². The molecule has 0 aliphatic rings. The summed E-state index contributed by atoms with van der Waals surface area (Å²) in [7, 11) is 0. The number of carboxylic acid groups (broad SMARTS) is 1. The Morgan fingerprint density at radius 1 is 0.442 bits per heavy atom. The summed E-state index contributed by atoms with van der Waals surface area (Å²) in [5.41, 5.74) is 22.8. The molecule has 7 amide bonds. The zero-order valence-corrected chi connectivity index (χ0v) is 47.9. The summed E-state index contributed by atoms with van der Waals surface area (Å²) in [6, 6.07) is -7.55. The third-order valence-corrected chi connectivity index (χ3v) is 14.1. The topological polar surface area (TPSA) is 375 Å². The lowest BCUT2D eigenvalue weighted by molar-refractivity contribution is -0.142. The number of nitrogens with one attached hydrogen (secondary N) is 7. The number of ether oxygens (including phenoxy) is 1. The number of aliphatic carboxylic acids is 1. The van der Waals surface area contributed by atoms with Crippen LogP contribution in [-0.4, -0.2) is 151 Å². The molecule has 0 fully saturated rings. The van der Waals surface area contributed by atoms with Crippen molar-refractivity contribution in [1.29, 1.82) is 0 Å². The molecule has 0 bridgehead atoms. The number of carboxylic acids is 1. The van der Waals surface area contributed by atoms with Gasteiger partial charge in [-0.1, -0.05) is 104 Å². The molecule has 0 heterocycles. The molecule has 0 saturated heterocycles. The highest BCUT2D eigenvalue weighted by Gasteiger charge is 2.33. The van der Waals surface area contributed by atoms with E-state index in [9.17, 15) is 48.6 Å². The Kier molecular flexibility index (Phi) is 47.2. The predicted molar refractivity (Wildman–Crippen MR) is 304 cm³/mol. The molecule has 0 rings (SSSR count). The monoisotopic (exact) mass is 1120 g/mol. The zero-order valence-electron chi connectivity index (χ0n) is 47.1. The fourth-order valence-electron chi connectivity index (χ4n) is 8.34. The van der Waals surface area contributed by atoms with Crippen molar-refractivity contribution in [2.45, 2.75) is 236 Å². The Labute approximate surface area is 464 Å². The highest BCUT2D eigenvalue weighted by molar-refractivity contribution is 7.99. The first kappa shape index (κ1) is 72.7. The summed E-state index contributed by atoms with van der Waals surface area (Å²) in [4.78, 5) is 107. The zero-order chi connectivity index (χ0) is 57.3. The molecule has 22 nitrogen and oxygen atoms in total. The molecular weight excluding hydrogens is 1010 g/mol. The van der Waals surface area contributed by atoms with Gasteiger partial charge in [0.25, 0.3) is 0 Å². The molecule has 0 saturated carbocycles. The van der Waals surface area contributed by atoms with Crippen LogP contribution in [0.2, 0.25) is 0 Å². The van der Waals surface area contributed by atoms with Crippen molar-refractivity contribution in [2.75, 3.05) is 57.4 Å². The molecule has 6 atom stereocenters. The first-order chi connectivity index (χ1) is 37.2. The highest BCUT2D eigenvalue weighted by atomic mass is 32.2. The second kappa shape index (κ2) is 50.0. The van der Waals surface area contributed by atoms with Crippen LogP contribution in [0.1, 0.15) is 200 Å². The summed E-state index contributed by atoms with van der Waals surface area (Å²) in [5, 5.41) is 38.9. The number of hydrogen-bond donors (Lipinski definition) is 13. The van der Waals surface area contributed by atoms with Crippen molar-refractivity contribution in [3.63, 3.8) is 0 Å². The number of hydrogen-bond acceptors (Lipinski definition) is 15. The van der Waals surface area contributed by atoms with E-state index in [1.807, 2.05) is 6.92 Å². The lowest BCUT2D eigenvalue weighted by Gasteiger charge is -2.27. The minimum atomic E-state index is -1.55. The van der Waals surface area contributed by atoms with Crippen LogP contribution in [0, 0.1) is 0 Å². The summed E-state index contributed by atoms with van der Waals surface area (Å²) in [6.07, 6.45) is 21.4. The number of aliphatic hydroxyl groups is 1. The van der Waals surface area contributed by atoms with Crippen molar-refractivity contribution in [3.05, 3.63) is 0 Å². The van der Waals surface area contributed by atoms with Gasteiger partial charge in [-0.3, -0.25) is 28.8 Å². The van der Waals surface area contributed by atoms with Crippen LogP contribution in [0.25, 0.3) is 0 Å². The van der Waals surface area contributed by atoms with E-state index in [4.69, 9.17) is 27.7 Å². The SMILES string of the molecule is CCCCCCCCCCCCCCCC(=O)NC(CSCCNC(=O)OCCCCC)C(=O)NC(CO)C(=O)NC(CCCCN)C(=O)NC(CCCCN)C(=O)NC(CCCCN)C(=O)NC(CCCCN)C(=O)O. The average molecular weight is 1120 g/mol. The van der Waals surface area contributed by atoms with E-state index in [2.05, 4.69) is 44.1 Å². The summed E-state index contributed by atoms with van der Waals surface area (Å²) < 4.78 is 5.19. The van der Waals surface area contributed by atoms with Crippen molar-refractivity contribution >= 4 is 59.3 Å². The van der Waals surface area contributed by atoms with E-state index in [1.165, 1.54) is 63.1 Å². The van der Waals surface area contributed by atoms with E-state index in [1.54, 1.807) is 0 Å². The minimum absolute atomic E-state index is 0.0672. The maximum atomic E-state index is 14.1. The molecule has 0 aliphatic carbocycles. The van der Waals surface area contributed by atoms with Gasteiger partial charge in [0.05, 0.1) is 13.2 Å². The van der Waals surface area contributed by atoms with Gasteiger partial charge >= 0.3 is 12.1 Å². The van der Waals surface area contributed by atoms with Crippen molar-refractivity contribution < 1.29 is 53.3 Å². The first-order valence-corrected chi connectivity index (χ1v) is 30.3. The molecule has 0 aliphatic heterocycles. The third kappa shape index (κ3) is 38.8. The van der Waals surface area contributed by atoms with Crippen LogP contribution in [0.3, 0.4) is 0 Å². The van der Waals surface area contributed by atoms with Gasteiger partial charge in [-0.25, -0.2) is 9.59 Å². The largest absolute Gasteiger partial charge is 0.480 e. The summed E-state index contributed by atoms with van der Waals surface area (Å²) in [5.74, 6) is -4.97. The van der Waals surface area contributed by atoms with Gasteiger partial charge in [0.15, 0.2) is 0 Å². The van der Waals surface area contributed by atoms with Crippen LogP contribution >= 0.6 is 11.8 Å². The van der Waals surface area contributed by atoms with Crippen molar-refractivity contribution in [1.82, 2.24) is 37.2 Å². The molecule has 23 heteroatoms. The van der Waals surface area contributed by atoms with E-state index >= 15 is 0 Å². The van der Waals surface area contributed by atoms with E-state index in [0.717, 1.165) is 44.9 Å². The second-order valence-corrected chi connectivity index (χ2v) is 21.1. The van der Waals surface area contributed by atoms with Gasteiger partial charge in [0.2, 0.25) is 35.4 Å².